The van der Waals surface area contributed by atoms with Crippen LogP contribution in [0.2, 0.25) is 0 Å². The molecule has 1 aliphatic carbocycles. The maximum Gasteiger partial charge on any atom is 0.0897 e. The summed E-state index contributed by atoms with van der Waals surface area (Å²) in [6, 6.07) is 0. The molecule has 0 aromatic rings. The lowest BCUT2D eigenvalue weighted by molar-refractivity contribution is -0.0453. The molecule has 0 saturated heterocycles. The average Bonchev–Trinajstić information content (AvgIpc) is 2.42. The van der Waals surface area contributed by atoms with E-state index < -0.39 is 6.10 Å². The molecule has 1 fully saturated rings. The topological polar surface area (TPSA) is 71.0 Å². The molecule has 114 valence electrons. The number of rotatable bonds is 10. The minimum absolute atomic E-state index is 0.0516. The van der Waals surface area contributed by atoms with Crippen LogP contribution in [0, 0.1) is 5.92 Å². The van der Waals surface area contributed by atoms with Crippen molar-refractivity contribution in [1.82, 2.24) is 5.32 Å². The van der Waals surface area contributed by atoms with Gasteiger partial charge in [0.25, 0.3) is 0 Å². The van der Waals surface area contributed by atoms with Crippen LogP contribution in [0.3, 0.4) is 0 Å². The van der Waals surface area contributed by atoms with Crippen LogP contribution in [-0.4, -0.2) is 61.9 Å². The van der Waals surface area contributed by atoms with Crippen molar-refractivity contribution in [2.45, 2.75) is 44.8 Å². The lowest BCUT2D eigenvalue weighted by Gasteiger charge is -2.29. The zero-order valence-corrected chi connectivity index (χ0v) is 12.0. The SMILES string of the molecule is C[C@@H]1CCCC[C@H]1OC[C@H](O)CNCCOCCO. The summed E-state index contributed by atoms with van der Waals surface area (Å²) in [5, 5.41) is 21.4. The Morgan fingerprint density at radius 2 is 2.05 bits per heavy atom. The highest BCUT2D eigenvalue weighted by Crippen LogP contribution is 2.26. The van der Waals surface area contributed by atoms with Crippen molar-refractivity contribution in [1.29, 1.82) is 0 Å². The van der Waals surface area contributed by atoms with E-state index in [4.69, 9.17) is 14.6 Å². The summed E-state index contributed by atoms with van der Waals surface area (Å²) in [6.07, 6.45) is 4.76. The van der Waals surface area contributed by atoms with Crippen LogP contribution in [-0.2, 0) is 9.47 Å². The number of nitrogens with one attached hydrogen (secondary N) is 1. The predicted octanol–water partition coefficient (Wildman–Crippen LogP) is 0.541. The molecular weight excluding hydrogens is 246 g/mol. The van der Waals surface area contributed by atoms with Gasteiger partial charge in [0.05, 0.1) is 38.6 Å². The lowest BCUT2D eigenvalue weighted by Crippen LogP contribution is -2.35. The van der Waals surface area contributed by atoms with Crippen LogP contribution in [0.25, 0.3) is 0 Å². The van der Waals surface area contributed by atoms with Crippen molar-refractivity contribution in [3.63, 3.8) is 0 Å². The first-order chi connectivity index (χ1) is 9.24. The molecule has 1 rings (SSSR count). The number of hydrogen-bond donors (Lipinski definition) is 3. The second-order valence-corrected chi connectivity index (χ2v) is 5.33. The fourth-order valence-corrected chi connectivity index (χ4v) is 2.40. The minimum Gasteiger partial charge on any atom is -0.394 e. The van der Waals surface area contributed by atoms with Crippen molar-refractivity contribution in [3.8, 4) is 0 Å². The molecule has 0 unspecified atom stereocenters. The van der Waals surface area contributed by atoms with E-state index in [0.717, 1.165) is 6.42 Å². The molecule has 3 N–H and O–H groups in total. The molecule has 1 saturated carbocycles. The van der Waals surface area contributed by atoms with Gasteiger partial charge in [0.1, 0.15) is 0 Å². The summed E-state index contributed by atoms with van der Waals surface area (Å²) in [4.78, 5) is 0. The highest BCUT2D eigenvalue weighted by Gasteiger charge is 2.22. The Balaban J connectivity index is 1.96. The highest BCUT2D eigenvalue weighted by atomic mass is 16.5. The van der Waals surface area contributed by atoms with Gasteiger partial charge in [-0.1, -0.05) is 19.8 Å². The fourth-order valence-electron chi connectivity index (χ4n) is 2.40. The third-order valence-electron chi connectivity index (χ3n) is 3.57. The van der Waals surface area contributed by atoms with Crippen LogP contribution < -0.4 is 5.32 Å². The Labute approximate surface area is 116 Å². The van der Waals surface area contributed by atoms with E-state index >= 15 is 0 Å². The van der Waals surface area contributed by atoms with E-state index in [1.807, 2.05) is 0 Å². The van der Waals surface area contributed by atoms with Gasteiger partial charge >= 0.3 is 0 Å². The van der Waals surface area contributed by atoms with Crippen molar-refractivity contribution in [3.05, 3.63) is 0 Å². The van der Waals surface area contributed by atoms with Crippen molar-refractivity contribution in [2.75, 3.05) is 39.5 Å². The van der Waals surface area contributed by atoms with Crippen molar-refractivity contribution < 1.29 is 19.7 Å². The van der Waals surface area contributed by atoms with E-state index in [1.54, 1.807) is 0 Å². The molecular formula is C14H29NO4. The normalized spacial score (nSPS) is 25.4. The van der Waals surface area contributed by atoms with Crippen LogP contribution in [0.15, 0.2) is 0 Å². The zero-order valence-electron chi connectivity index (χ0n) is 12.0. The third-order valence-corrected chi connectivity index (χ3v) is 3.57. The first kappa shape index (κ1) is 16.9. The second-order valence-electron chi connectivity index (χ2n) is 5.33. The van der Waals surface area contributed by atoms with Gasteiger partial charge in [-0.3, -0.25) is 0 Å². The van der Waals surface area contributed by atoms with Crippen LogP contribution in [0.4, 0.5) is 0 Å². The summed E-state index contributed by atoms with van der Waals surface area (Å²) in [6.45, 7) is 4.80. The summed E-state index contributed by atoms with van der Waals surface area (Å²) < 4.78 is 10.9. The lowest BCUT2D eigenvalue weighted by atomic mass is 9.88. The third kappa shape index (κ3) is 7.84. The van der Waals surface area contributed by atoms with E-state index in [0.29, 0.717) is 44.9 Å². The Hall–Kier alpha value is -0.200. The molecule has 19 heavy (non-hydrogen) atoms. The van der Waals surface area contributed by atoms with Gasteiger partial charge in [0.15, 0.2) is 0 Å². The molecule has 0 bridgehead atoms. The number of ether oxygens (including phenoxy) is 2. The second kappa shape index (κ2) is 10.6. The monoisotopic (exact) mass is 275 g/mol. The molecule has 3 atom stereocenters. The quantitative estimate of drug-likeness (QED) is 0.508. The summed E-state index contributed by atoms with van der Waals surface area (Å²) in [5.74, 6) is 0.612. The van der Waals surface area contributed by atoms with Crippen molar-refractivity contribution in [2.24, 2.45) is 5.92 Å². The van der Waals surface area contributed by atoms with Crippen LogP contribution in [0.1, 0.15) is 32.6 Å². The van der Waals surface area contributed by atoms with Gasteiger partial charge in [-0.05, 0) is 18.8 Å². The minimum atomic E-state index is -0.466. The Morgan fingerprint density at radius 1 is 1.26 bits per heavy atom. The van der Waals surface area contributed by atoms with E-state index in [1.165, 1.54) is 19.3 Å². The summed E-state index contributed by atoms with van der Waals surface area (Å²) in [5.41, 5.74) is 0. The van der Waals surface area contributed by atoms with Gasteiger partial charge in [-0.25, -0.2) is 0 Å². The summed E-state index contributed by atoms with van der Waals surface area (Å²) in [7, 11) is 0. The molecule has 0 aromatic carbocycles. The van der Waals surface area contributed by atoms with Crippen LogP contribution in [0.5, 0.6) is 0 Å². The summed E-state index contributed by atoms with van der Waals surface area (Å²) >= 11 is 0. The molecule has 0 radical (unpaired) electrons. The average molecular weight is 275 g/mol. The smallest absolute Gasteiger partial charge is 0.0897 e. The zero-order chi connectivity index (χ0) is 13.9. The molecule has 0 heterocycles. The largest absolute Gasteiger partial charge is 0.394 e. The molecule has 0 spiro atoms. The highest BCUT2D eigenvalue weighted by molar-refractivity contribution is 4.73. The molecule has 5 heteroatoms. The van der Waals surface area contributed by atoms with E-state index in [-0.39, 0.29) is 6.61 Å². The molecule has 0 amide bonds. The molecule has 5 nitrogen and oxygen atoms in total. The van der Waals surface area contributed by atoms with Crippen molar-refractivity contribution >= 4 is 0 Å². The van der Waals surface area contributed by atoms with Gasteiger partial charge in [-0.15, -0.1) is 0 Å². The molecule has 0 aromatic heterocycles. The van der Waals surface area contributed by atoms with E-state index in [9.17, 15) is 5.11 Å². The van der Waals surface area contributed by atoms with Crippen LogP contribution >= 0.6 is 0 Å². The maximum atomic E-state index is 9.80. The Morgan fingerprint density at radius 3 is 2.79 bits per heavy atom. The number of aliphatic hydroxyl groups is 2. The first-order valence-corrected chi connectivity index (χ1v) is 7.43. The van der Waals surface area contributed by atoms with Gasteiger partial charge in [0.2, 0.25) is 0 Å². The van der Waals surface area contributed by atoms with Gasteiger partial charge in [0, 0.05) is 13.1 Å². The van der Waals surface area contributed by atoms with Gasteiger partial charge in [-0.2, -0.15) is 0 Å². The van der Waals surface area contributed by atoms with Gasteiger partial charge < -0.3 is 25.0 Å². The molecule has 1 aliphatic rings. The first-order valence-electron chi connectivity index (χ1n) is 7.43. The molecule has 0 aliphatic heterocycles. The number of aliphatic hydroxyl groups excluding tert-OH is 2. The Kier molecular flexibility index (Phi) is 9.38. The Bertz CT molecular complexity index is 216. The standard InChI is InChI=1S/C14H29NO4/c1-12-4-2-3-5-14(12)19-11-13(17)10-15-6-8-18-9-7-16/h12-17H,2-11H2,1H3/t12-,13-,14-/m1/s1. The number of hydrogen-bond acceptors (Lipinski definition) is 5. The fraction of sp³-hybridized carbons (Fsp3) is 1.00. The van der Waals surface area contributed by atoms with E-state index in [2.05, 4.69) is 12.2 Å². The predicted molar refractivity (Wildman–Crippen MR) is 74.2 cm³/mol. The maximum absolute atomic E-state index is 9.80.